The third-order valence-corrected chi connectivity index (χ3v) is 6.87. The van der Waals surface area contributed by atoms with E-state index in [0.717, 1.165) is 0 Å². The van der Waals surface area contributed by atoms with Gasteiger partial charge < -0.3 is 0 Å². The number of rotatable bonds is 2. The summed E-state index contributed by atoms with van der Waals surface area (Å²) in [6.45, 7) is 9.27. The van der Waals surface area contributed by atoms with Crippen LogP contribution in [0.2, 0.25) is 0 Å². The van der Waals surface area contributed by atoms with Crippen LogP contribution in [0.1, 0.15) is 67.6 Å². The van der Waals surface area contributed by atoms with Gasteiger partial charge in [0.25, 0.3) is 0 Å². The number of hydrogen-bond acceptors (Lipinski definition) is 2. The van der Waals surface area contributed by atoms with Crippen LogP contribution in [0.3, 0.4) is 0 Å². The molecule has 0 amide bonds. The molecule has 2 aromatic carbocycles. The van der Waals surface area contributed by atoms with Gasteiger partial charge >= 0.3 is 167 Å². The van der Waals surface area contributed by atoms with Crippen molar-refractivity contribution >= 4 is 25.4 Å². The first-order valence-corrected chi connectivity index (χ1v) is 10.7. The van der Waals surface area contributed by atoms with Crippen LogP contribution in [0.15, 0.2) is 36.4 Å². The molecule has 1 aliphatic carbocycles. The van der Waals surface area contributed by atoms with Crippen molar-refractivity contribution in [3.63, 3.8) is 0 Å². The molecule has 140 valence electrons. The predicted octanol–water partition coefficient (Wildman–Crippen LogP) is 3.78. The summed E-state index contributed by atoms with van der Waals surface area (Å²) in [5, 5.41) is 18.7. The average molecular weight is 427 g/mol. The molecular formula is C23H24O3Se. The number of benzene rings is 2. The van der Waals surface area contributed by atoms with Crippen LogP contribution in [0.5, 0.6) is 5.75 Å². The Hall–Kier alpha value is -2.21. The van der Waals surface area contributed by atoms with Crippen LogP contribution in [0.4, 0.5) is 0 Å². The fourth-order valence-electron chi connectivity index (χ4n) is 3.56. The van der Waals surface area contributed by atoms with E-state index < -0.39 is 5.97 Å². The van der Waals surface area contributed by atoms with Gasteiger partial charge in [0, 0.05) is 0 Å². The van der Waals surface area contributed by atoms with E-state index >= 15 is 0 Å². The summed E-state index contributed by atoms with van der Waals surface area (Å²) in [7, 11) is 0. The van der Waals surface area contributed by atoms with Gasteiger partial charge in [-0.3, -0.25) is 0 Å². The number of phenols is 1. The van der Waals surface area contributed by atoms with Crippen molar-refractivity contribution in [2.45, 2.75) is 51.4 Å². The number of fused-ring (bicyclic) bond motifs is 1. The minimum absolute atomic E-state index is 0.00616. The van der Waals surface area contributed by atoms with Crippen LogP contribution in [0.25, 0.3) is 0 Å². The van der Waals surface area contributed by atoms with E-state index in [1.54, 1.807) is 6.07 Å². The molecule has 0 spiro atoms. The number of hydrogen-bond donors (Lipinski definition) is 2. The second-order valence-corrected chi connectivity index (χ2v) is 10.2. The zero-order valence-corrected chi connectivity index (χ0v) is 17.8. The number of carboxylic acid groups (broad SMARTS) is 1. The molecule has 1 aliphatic rings. The third-order valence-electron chi connectivity index (χ3n) is 5.42. The summed E-state index contributed by atoms with van der Waals surface area (Å²) < 4.78 is 1.24. The molecule has 0 heterocycles. The third kappa shape index (κ3) is 4.05. The van der Waals surface area contributed by atoms with Crippen molar-refractivity contribution in [1.29, 1.82) is 0 Å². The second kappa shape index (κ2) is 7.07. The Kier molecular flexibility index (Phi) is 5.12. The molecule has 2 N–H and O–H groups in total. The molecule has 0 saturated carbocycles. The van der Waals surface area contributed by atoms with Crippen molar-refractivity contribution in [2.75, 3.05) is 0 Å². The Morgan fingerprint density at radius 1 is 1.00 bits per heavy atom. The van der Waals surface area contributed by atoms with Gasteiger partial charge in [0.05, 0.1) is 0 Å². The molecule has 4 heteroatoms. The predicted molar refractivity (Wildman–Crippen MR) is 109 cm³/mol. The summed E-state index contributed by atoms with van der Waals surface area (Å²) in [5.41, 5.74) is 3.79. The monoisotopic (exact) mass is 428 g/mol. The van der Waals surface area contributed by atoms with Crippen LogP contribution in [-0.4, -0.2) is 31.1 Å². The maximum absolute atomic E-state index is 11.0. The second-order valence-electron chi connectivity index (χ2n) is 8.34. The van der Waals surface area contributed by atoms with Gasteiger partial charge in [0.15, 0.2) is 0 Å². The van der Waals surface area contributed by atoms with Crippen LogP contribution < -0.4 is 4.46 Å². The molecule has 0 bridgehead atoms. The zero-order valence-electron chi connectivity index (χ0n) is 16.1. The molecule has 0 fully saturated rings. The summed E-state index contributed by atoms with van der Waals surface area (Å²) in [6.07, 6.45) is 2.39. The molecule has 0 atom stereocenters. The molecule has 3 nitrogen and oxygen atoms in total. The summed E-state index contributed by atoms with van der Waals surface area (Å²) >= 11 is -0.00616. The summed E-state index contributed by atoms with van der Waals surface area (Å²) in [5.74, 6) is 1.65. The Balaban J connectivity index is 1.84. The van der Waals surface area contributed by atoms with Gasteiger partial charge in [-0.05, 0) is 0 Å². The first-order valence-electron chi connectivity index (χ1n) is 8.99. The summed E-state index contributed by atoms with van der Waals surface area (Å²) in [6, 6.07) is 11.2. The quantitative estimate of drug-likeness (QED) is 0.567. The van der Waals surface area contributed by atoms with Crippen LogP contribution >= 0.6 is 0 Å². The molecule has 3 rings (SSSR count). The van der Waals surface area contributed by atoms with Crippen molar-refractivity contribution in [1.82, 2.24) is 0 Å². The molecule has 0 unspecified atom stereocenters. The van der Waals surface area contributed by atoms with E-state index in [1.165, 1.54) is 40.6 Å². The van der Waals surface area contributed by atoms with Gasteiger partial charge in [-0.15, -0.1) is 0 Å². The number of aromatic hydroxyl groups is 1. The first kappa shape index (κ1) is 19.5. The molecule has 0 aromatic heterocycles. The molecule has 27 heavy (non-hydrogen) atoms. The molecule has 2 aromatic rings. The fraction of sp³-hybridized carbons (Fsp3) is 0.348. The van der Waals surface area contributed by atoms with E-state index in [0.29, 0.717) is 5.56 Å². The van der Waals surface area contributed by atoms with E-state index in [1.807, 2.05) is 0 Å². The van der Waals surface area contributed by atoms with E-state index in [4.69, 9.17) is 5.11 Å². The van der Waals surface area contributed by atoms with Crippen LogP contribution in [-0.2, 0) is 10.8 Å². The zero-order chi connectivity index (χ0) is 19.8. The van der Waals surface area contributed by atoms with Gasteiger partial charge in [0.1, 0.15) is 0 Å². The van der Waals surface area contributed by atoms with E-state index in [9.17, 15) is 9.90 Å². The normalized spacial score (nSPS) is 16.7. The number of carboxylic acids is 1. The molecule has 0 aliphatic heterocycles. The molecule has 0 radical (unpaired) electrons. The SMILES string of the molecule is CC1(C)CCC(C)(C)c2cc([Se]C#Cc3ccc(C(=O)O)c(O)c3)ccc21. The topological polar surface area (TPSA) is 57.5 Å². The standard InChI is InChI=1S/C23H24O3Se/c1-22(2)10-11-23(3,4)19-14-16(6-8-18(19)22)27-12-9-15-5-7-17(21(25)26)20(24)13-15/h5-8,13-14,24H,10-11H2,1-4H3,(H,25,26). The Morgan fingerprint density at radius 2 is 1.67 bits per heavy atom. The Labute approximate surface area is 167 Å². The number of carbonyl (C=O) groups is 1. The Morgan fingerprint density at radius 3 is 2.30 bits per heavy atom. The van der Waals surface area contributed by atoms with Crippen molar-refractivity contribution in [3.05, 3.63) is 58.7 Å². The van der Waals surface area contributed by atoms with Crippen LogP contribution in [0, 0.1) is 10.7 Å². The van der Waals surface area contributed by atoms with E-state index in [2.05, 4.69) is 56.6 Å². The first-order chi connectivity index (χ1) is 12.6. The van der Waals surface area contributed by atoms with E-state index in [-0.39, 0.29) is 37.1 Å². The van der Waals surface area contributed by atoms with Crippen molar-refractivity contribution in [3.8, 4) is 16.5 Å². The average Bonchev–Trinajstić information content (AvgIpc) is 2.59. The molecular weight excluding hydrogens is 403 g/mol. The number of aromatic carboxylic acids is 1. The van der Waals surface area contributed by atoms with Crippen molar-refractivity contribution in [2.24, 2.45) is 0 Å². The molecule has 0 saturated heterocycles. The van der Waals surface area contributed by atoms with Gasteiger partial charge in [-0.2, -0.15) is 0 Å². The van der Waals surface area contributed by atoms with Gasteiger partial charge in [-0.25, -0.2) is 0 Å². The maximum atomic E-state index is 11.0. The van der Waals surface area contributed by atoms with Gasteiger partial charge in [-0.1, -0.05) is 0 Å². The van der Waals surface area contributed by atoms with Gasteiger partial charge in [0.2, 0.25) is 0 Å². The minimum atomic E-state index is -1.14. The fourth-order valence-corrected chi connectivity index (χ4v) is 4.82. The Bertz CT molecular complexity index is 961. The van der Waals surface area contributed by atoms with Crippen molar-refractivity contribution < 1.29 is 15.0 Å². The summed E-state index contributed by atoms with van der Waals surface area (Å²) in [4.78, 5) is 14.2.